The molecule has 0 aliphatic heterocycles. The summed E-state index contributed by atoms with van der Waals surface area (Å²) in [6.45, 7) is 0. The summed E-state index contributed by atoms with van der Waals surface area (Å²) >= 11 is 9.13. The molecule has 19 heavy (non-hydrogen) atoms. The van der Waals surface area contributed by atoms with Gasteiger partial charge >= 0.3 is 0 Å². The number of hydrogen-bond acceptors (Lipinski definition) is 1. The van der Waals surface area contributed by atoms with E-state index in [0.717, 1.165) is 0 Å². The maximum absolute atomic E-state index is 13.0. The highest BCUT2D eigenvalue weighted by Crippen LogP contribution is 2.25. The monoisotopic (exact) mass is 341 g/mol. The Bertz CT molecular complexity index is 618. The predicted octanol–water partition coefficient (Wildman–Crippen LogP) is 4.42. The first-order chi connectivity index (χ1) is 9.04. The van der Waals surface area contributed by atoms with Crippen molar-refractivity contribution in [1.82, 2.24) is 0 Å². The van der Waals surface area contributed by atoms with E-state index in [-0.39, 0.29) is 18.1 Å². The average molecular weight is 343 g/mol. The molecule has 0 saturated carbocycles. The molecule has 0 heterocycles. The van der Waals surface area contributed by atoms with E-state index < -0.39 is 0 Å². The summed E-state index contributed by atoms with van der Waals surface area (Å²) in [6.07, 6.45) is 0.118. The molecule has 2 aromatic rings. The molecule has 0 bridgehead atoms. The van der Waals surface area contributed by atoms with Gasteiger partial charge in [-0.25, -0.2) is 4.39 Å². The second-order valence-corrected chi connectivity index (χ2v) is 5.27. The van der Waals surface area contributed by atoms with Crippen LogP contribution < -0.4 is 5.32 Å². The van der Waals surface area contributed by atoms with E-state index in [1.165, 1.54) is 12.1 Å². The van der Waals surface area contributed by atoms with Crippen molar-refractivity contribution in [2.24, 2.45) is 0 Å². The summed E-state index contributed by atoms with van der Waals surface area (Å²) < 4.78 is 13.7. The summed E-state index contributed by atoms with van der Waals surface area (Å²) in [5.41, 5.74) is 1.26. The lowest BCUT2D eigenvalue weighted by Crippen LogP contribution is -2.14. The van der Waals surface area contributed by atoms with E-state index in [2.05, 4.69) is 21.2 Å². The highest BCUT2D eigenvalue weighted by molar-refractivity contribution is 9.10. The molecule has 0 saturated heterocycles. The maximum Gasteiger partial charge on any atom is 0.228 e. The van der Waals surface area contributed by atoms with Crippen LogP contribution >= 0.6 is 27.5 Å². The number of hydrogen-bond donors (Lipinski definition) is 1. The third-order valence-electron chi connectivity index (χ3n) is 2.46. The fourth-order valence-corrected chi connectivity index (χ4v) is 2.40. The van der Waals surface area contributed by atoms with Gasteiger partial charge in [-0.3, -0.25) is 4.79 Å². The topological polar surface area (TPSA) is 29.1 Å². The fourth-order valence-electron chi connectivity index (χ4n) is 1.62. The third-order valence-corrected chi connectivity index (χ3v) is 3.35. The molecule has 0 aliphatic carbocycles. The van der Waals surface area contributed by atoms with Crippen LogP contribution in [0.5, 0.6) is 0 Å². The third kappa shape index (κ3) is 4.04. The molecule has 2 aromatic carbocycles. The van der Waals surface area contributed by atoms with E-state index >= 15 is 0 Å². The fraction of sp³-hybridized carbons (Fsp3) is 0.0714. The first-order valence-corrected chi connectivity index (χ1v) is 6.71. The highest BCUT2D eigenvalue weighted by atomic mass is 79.9. The molecule has 2 rings (SSSR count). The number of anilines is 1. The number of rotatable bonds is 3. The lowest BCUT2D eigenvalue weighted by Gasteiger charge is -2.07. The first kappa shape index (κ1) is 14.0. The van der Waals surface area contributed by atoms with Crippen molar-refractivity contribution in [3.05, 3.63) is 63.3 Å². The molecule has 0 atom stereocenters. The van der Waals surface area contributed by atoms with Gasteiger partial charge in [-0.1, -0.05) is 23.7 Å². The maximum atomic E-state index is 13.0. The van der Waals surface area contributed by atoms with Crippen LogP contribution in [0.25, 0.3) is 0 Å². The predicted molar refractivity (Wildman–Crippen MR) is 77.9 cm³/mol. The molecule has 0 radical (unpaired) electrons. The average Bonchev–Trinajstić information content (AvgIpc) is 2.33. The number of carbonyl (C=O) groups is 1. The van der Waals surface area contributed by atoms with Crippen molar-refractivity contribution in [3.63, 3.8) is 0 Å². The Morgan fingerprint density at radius 1 is 1.26 bits per heavy atom. The Morgan fingerprint density at radius 2 is 2.05 bits per heavy atom. The van der Waals surface area contributed by atoms with Gasteiger partial charge in [-0.05, 0) is 51.8 Å². The molecule has 0 unspecified atom stereocenters. The normalized spacial score (nSPS) is 10.3. The van der Waals surface area contributed by atoms with Crippen molar-refractivity contribution in [1.29, 1.82) is 0 Å². The smallest absolute Gasteiger partial charge is 0.228 e. The van der Waals surface area contributed by atoms with Crippen LogP contribution in [0.2, 0.25) is 5.02 Å². The van der Waals surface area contributed by atoms with Gasteiger partial charge in [0, 0.05) is 9.50 Å². The molecule has 0 fully saturated rings. The van der Waals surface area contributed by atoms with Crippen molar-refractivity contribution in [2.75, 3.05) is 5.32 Å². The molecular weight excluding hydrogens is 333 g/mol. The molecule has 5 heteroatoms. The number of carbonyl (C=O) groups excluding carboxylic acids is 1. The Labute approximate surface area is 123 Å². The van der Waals surface area contributed by atoms with Crippen LogP contribution in [0, 0.1) is 5.82 Å². The van der Waals surface area contributed by atoms with E-state index in [0.29, 0.717) is 20.7 Å². The molecule has 2 nitrogen and oxygen atoms in total. The van der Waals surface area contributed by atoms with E-state index in [9.17, 15) is 9.18 Å². The zero-order valence-corrected chi connectivity index (χ0v) is 12.1. The lowest BCUT2D eigenvalue weighted by molar-refractivity contribution is -0.115. The van der Waals surface area contributed by atoms with Crippen LogP contribution in [0.15, 0.2) is 46.9 Å². The van der Waals surface area contributed by atoms with Crippen molar-refractivity contribution in [3.8, 4) is 0 Å². The van der Waals surface area contributed by atoms with Gasteiger partial charge in [0.1, 0.15) is 5.82 Å². The van der Waals surface area contributed by atoms with Crippen molar-refractivity contribution < 1.29 is 9.18 Å². The first-order valence-electron chi connectivity index (χ1n) is 5.54. The number of benzene rings is 2. The minimum Gasteiger partial charge on any atom is -0.325 e. The Balaban J connectivity index is 2.05. The van der Waals surface area contributed by atoms with Crippen LogP contribution in [0.1, 0.15) is 5.56 Å². The van der Waals surface area contributed by atoms with Crippen molar-refractivity contribution in [2.45, 2.75) is 6.42 Å². The van der Waals surface area contributed by atoms with Crippen LogP contribution in [0.4, 0.5) is 10.1 Å². The molecule has 0 aromatic heterocycles. The largest absolute Gasteiger partial charge is 0.325 e. The van der Waals surface area contributed by atoms with Crippen LogP contribution in [0.3, 0.4) is 0 Å². The van der Waals surface area contributed by atoms with Crippen LogP contribution in [-0.2, 0) is 11.2 Å². The SMILES string of the molecule is O=C(Cc1cccc(F)c1)Nc1ccc(Cl)cc1Br. The lowest BCUT2D eigenvalue weighted by atomic mass is 10.1. The van der Waals surface area contributed by atoms with Gasteiger partial charge < -0.3 is 5.32 Å². The summed E-state index contributed by atoms with van der Waals surface area (Å²) in [5.74, 6) is -0.563. The van der Waals surface area contributed by atoms with E-state index in [4.69, 9.17) is 11.6 Å². The minimum absolute atomic E-state index is 0.118. The molecule has 1 amide bonds. The molecule has 0 spiro atoms. The van der Waals surface area contributed by atoms with Gasteiger partial charge in [0.2, 0.25) is 5.91 Å². The molecular formula is C14H10BrClFNO. The zero-order chi connectivity index (χ0) is 13.8. The van der Waals surface area contributed by atoms with E-state index in [1.54, 1.807) is 30.3 Å². The summed E-state index contributed by atoms with van der Waals surface area (Å²) in [6, 6.07) is 11.1. The second kappa shape index (κ2) is 6.17. The summed E-state index contributed by atoms with van der Waals surface area (Å²) in [7, 11) is 0. The van der Waals surface area contributed by atoms with Crippen LogP contribution in [-0.4, -0.2) is 5.91 Å². The Kier molecular flexibility index (Phi) is 4.56. The standard InChI is InChI=1S/C14H10BrClFNO/c15-12-8-10(16)4-5-13(12)18-14(19)7-9-2-1-3-11(17)6-9/h1-6,8H,7H2,(H,18,19). The summed E-state index contributed by atoms with van der Waals surface area (Å²) in [5, 5.41) is 3.32. The number of amides is 1. The van der Waals surface area contributed by atoms with Gasteiger partial charge in [0.25, 0.3) is 0 Å². The number of halogens is 3. The highest BCUT2D eigenvalue weighted by Gasteiger charge is 2.07. The minimum atomic E-state index is -0.349. The molecule has 0 aliphatic rings. The van der Waals surface area contributed by atoms with E-state index in [1.807, 2.05) is 0 Å². The van der Waals surface area contributed by atoms with Gasteiger partial charge in [-0.15, -0.1) is 0 Å². The van der Waals surface area contributed by atoms with Gasteiger partial charge in [0.05, 0.1) is 12.1 Å². The van der Waals surface area contributed by atoms with Gasteiger partial charge in [0.15, 0.2) is 0 Å². The zero-order valence-electron chi connectivity index (χ0n) is 9.79. The quantitative estimate of drug-likeness (QED) is 0.879. The van der Waals surface area contributed by atoms with Crippen molar-refractivity contribution >= 4 is 39.1 Å². The molecule has 1 N–H and O–H groups in total. The molecule has 98 valence electrons. The second-order valence-electron chi connectivity index (χ2n) is 3.98. The Morgan fingerprint density at radius 3 is 2.74 bits per heavy atom. The summed E-state index contributed by atoms with van der Waals surface area (Å²) in [4.78, 5) is 11.8. The van der Waals surface area contributed by atoms with Gasteiger partial charge in [-0.2, -0.15) is 0 Å². The number of nitrogens with one attached hydrogen (secondary N) is 1. The Hall–Kier alpha value is -1.39.